The monoisotopic (exact) mass is 402 g/mol. The minimum Gasteiger partial charge on any atom is -0.393 e. The van der Waals surface area contributed by atoms with Crippen LogP contribution in [0.15, 0.2) is 11.6 Å². The van der Waals surface area contributed by atoms with Gasteiger partial charge in [0, 0.05) is 0 Å². The molecule has 0 bridgehead atoms. The van der Waals surface area contributed by atoms with Gasteiger partial charge in [0.25, 0.3) is 0 Å². The number of hydrogen-bond acceptors (Lipinski definition) is 2. The zero-order valence-electron chi connectivity index (χ0n) is 19.7. The summed E-state index contributed by atoms with van der Waals surface area (Å²) < 4.78 is 0. The van der Waals surface area contributed by atoms with E-state index in [1.54, 1.807) is 5.57 Å². The molecule has 0 aromatic heterocycles. The minimum absolute atomic E-state index is 0.148. The van der Waals surface area contributed by atoms with Crippen molar-refractivity contribution in [2.75, 3.05) is 0 Å². The SMILES string of the molecule is CC(O)CCC[C@@H](C)[C@H]1CC[C@H]2[C@@H]3CC=C4C[C@@](C)(O)CC[C@]4(C)[C@H]3CC[C@]12C. The van der Waals surface area contributed by atoms with Gasteiger partial charge in [0.15, 0.2) is 0 Å². The van der Waals surface area contributed by atoms with Crippen molar-refractivity contribution in [3.05, 3.63) is 11.6 Å². The van der Waals surface area contributed by atoms with E-state index in [1.807, 2.05) is 13.8 Å². The average molecular weight is 403 g/mol. The summed E-state index contributed by atoms with van der Waals surface area (Å²) in [5.41, 5.74) is 1.96. The predicted molar refractivity (Wildman–Crippen MR) is 121 cm³/mol. The van der Waals surface area contributed by atoms with E-state index in [9.17, 15) is 10.2 Å². The highest BCUT2D eigenvalue weighted by molar-refractivity contribution is 5.26. The molecule has 2 heteroatoms. The zero-order chi connectivity index (χ0) is 21.0. The molecule has 3 fully saturated rings. The Balaban J connectivity index is 1.50. The van der Waals surface area contributed by atoms with Crippen LogP contribution < -0.4 is 0 Å². The average Bonchev–Trinajstić information content (AvgIpc) is 2.99. The van der Waals surface area contributed by atoms with Gasteiger partial charge in [-0.05, 0) is 112 Å². The molecule has 0 aliphatic heterocycles. The van der Waals surface area contributed by atoms with Crippen molar-refractivity contribution >= 4 is 0 Å². The van der Waals surface area contributed by atoms with E-state index in [-0.39, 0.29) is 6.10 Å². The molecule has 0 radical (unpaired) electrons. The lowest BCUT2D eigenvalue weighted by molar-refractivity contribution is -0.0706. The molecule has 3 saturated carbocycles. The molecule has 0 aromatic carbocycles. The Morgan fingerprint density at radius 1 is 1.00 bits per heavy atom. The summed E-state index contributed by atoms with van der Waals surface area (Å²) in [5.74, 6) is 4.24. The van der Waals surface area contributed by atoms with Gasteiger partial charge in [-0.25, -0.2) is 0 Å². The van der Waals surface area contributed by atoms with Crippen LogP contribution in [0.4, 0.5) is 0 Å². The molecule has 2 N–H and O–H groups in total. The summed E-state index contributed by atoms with van der Waals surface area (Å²) >= 11 is 0. The van der Waals surface area contributed by atoms with E-state index in [1.165, 1.54) is 51.4 Å². The highest BCUT2D eigenvalue weighted by Gasteiger charge is 2.59. The molecule has 4 aliphatic rings. The molecule has 29 heavy (non-hydrogen) atoms. The highest BCUT2D eigenvalue weighted by atomic mass is 16.3. The summed E-state index contributed by atoms with van der Waals surface area (Å²) in [7, 11) is 0. The maximum Gasteiger partial charge on any atom is 0.0657 e. The fourth-order valence-corrected chi connectivity index (χ4v) is 8.72. The lowest BCUT2D eigenvalue weighted by Crippen LogP contribution is -2.52. The molecule has 0 spiro atoms. The maximum atomic E-state index is 10.7. The standard InChI is InChI=1S/C27H46O2/c1-18(7-6-8-19(2)28)22-11-12-23-21-10-9-20-17-25(3,29)15-16-26(20,4)24(21)13-14-27(22,23)5/h9,18-19,21-24,28-29H,6-8,10-17H2,1-5H3/t18-,19?,21+,22-,23+,24+,25+,26+,27-/m1/s1. The Morgan fingerprint density at radius 3 is 2.48 bits per heavy atom. The first-order chi connectivity index (χ1) is 13.6. The van der Waals surface area contributed by atoms with Crippen molar-refractivity contribution < 1.29 is 10.2 Å². The Morgan fingerprint density at radius 2 is 1.76 bits per heavy atom. The Kier molecular flexibility index (Phi) is 5.78. The summed E-state index contributed by atoms with van der Waals surface area (Å²) in [6, 6.07) is 0. The second-order valence-corrected chi connectivity index (χ2v) is 12.4. The molecule has 1 unspecified atom stereocenters. The number of aliphatic hydroxyl groups excluding tert-OH is 1. The summed E-state index contributed by atoms with van der Waals surface area (Å²) in [4.78, 5) is 0. The molecule has 166 valence electrons. The number of fused-ring (bicyclic) bond motifs is 5. The second-order valence-electron chi connectivity index (χ2n) is 12.4. The predicted octanol–water partition coefficient (Wildman–Crippen LogP) is 6.50. The van der Waals surface area contributed by atoms with Gasteiger partial charge in [0.1, 0.15) is 0 Å². The van der Waals surface area contributed by atoms with Gasteiger partial charge in [0.2, 0.25) is 0 Å². The van der Waals surface area contributed by atoms with Crippen LogP contribution in [0.2, 0.25) is 0 Å². The Bertz CT molecular complexity index is 634. The highest BCUT2D eigenvalue weighted by Crippen LogP contribution is 2.67. The van der Waals surface area contributed by atoms with Crippen molar-refractivity contribution in [1.82, 2.24) is 0 Å². The minimum atomic E-state index is -0.485. The molecule has 0 heterocycles. The summed E-state index contributed by atoms with van der Waals surface area (Å²) in [6.07, 6.45) is 15.8. The van der Waals surface area contributed by atoms with E-state index in [2.05, 4.69) is 26.8 Å². The first-order valence-corrected chi connectivity index (χ1v) is 12.7. The Hall–Kier alpha value is -0.340. The third-order valence-corrected chi connectivity index (χ3v) is 10.4. The van der Waals surface area contributed by atoms with Crippen molar-refractivity contribution in [2.45, 2.75) is 117 Å². The van der Waals surface area contributed by atoms with Gasteiger partial charge in [-0.2, -0.15) is 0 Å². The first kappa shape index (κ1) is 21.9. The van der Waals surface area contributed by atoms with Crippen LogP contribution in [0.1, 0.15) is 105 Å². The molecule has 2 nitrogen and oxygen atoms in total. The van der Waals surface area contributed by atoms with E-state index in [4.69, 9.17) is 0 Å². The molecular weight excluding hydrogens is 356 g/mol. The van der Waals surface area contributed by atoms with Crippen LogP contribution in [0, 0.1) is 40.4 Å². The van der Waals surface area contributed by atoms with E-state index in [0.29, 0.717) is 10.8 Å². The number of rotatable bonds is 5. The number of aliphatic hydroxyl groups is 2. The van der Waals surface area contributed by atoms with Crippen molar-refractivity contribution in [2.24, 2.45) is 40.4 Å². The lowest BCUT2D eigenvalue weighted by Gasteiger charge is -2.59. The topological polar surface area (TPSA) is 40.5 Å². The molecule has 9 atom stereocenters. The van der Waals surface area contributed by atoms with Crippen molar-refractivity contribution in [3.63, 3.8) is 0 Å². The van der Waals surface area contributed by atoms with E-state index >= 15 is 0 Å². The van der Waals surface area contributed by atoms with Crippen molar-refractivity contribution in [3.8, 4) is 0 Å². The third kappa shape index (κ3) is 3.75. The fourth-order valence-electron chi connectivity index (χ4n) is 8.72. The normalized spacial score (nSPS) is 48.9. The van der Waals surface area contributed by atoms with Crippen LogP contribution >= 0.6 is 0 Å². The van der Waals surface area contributed by atoms with Gasteiger partial charge in [-0.1, -0.05) is 45.3 Å². The van der Waals surface area contributed by atoms with Gasteiger partial charge in [0.05, 0.1) is 11.7 Å². The smallest absolute Gasteiger partial charge is 0.0657 e. The number of hydrogen-bond donors (Lipinski definition) is 2. The van der Waals surface area contributed by atoms with Crippen LogP contribution in [0.25, 0.3) is 0 Å². The van der Waals surface area contributed by atoms with Gasteiger partial charge in [-0.3, -0.25) is 0 Å². The van der Waals surface area contributed by atoms with Crippen LogP contribution in [-0.2, 0) is 0 Å². The van der Waals surface area contributed by atoms with Crippen LogP contribution in [-0.4, -0.2) is 21.9 Å². The van der Waals surface area contributed by atoms with Crippen molar-refractivity contribution in [1.29, 1.82) is 0 Å². The van der Waals surface area contributed by atoms with E-state index in [0.717, 1.165) is 48.9 Å². The zero-order valence-corrected chi connectivity index (χ0v) is 19.7. The molecule has 0 aromatic rings. The van der Waals surface area contributed by atoms with Gasteiger partial charge in [-0.15, -0.1) is 0 Å². The summed E-state index contributed by atoms with van der Waals surface area (Å²) in [6.45, 7) is 11.6. The first-order valence-electron chi connectivity index (χ1n) is 12.7. The second kappa shape index (κ2) is 7.66. The van der Waals surface area contributed by atoms with Gasteiger partial charge >= 0.3 is 0 Å². The lowest BCUT2D eigenvalue weighted by atomic mass is 9.46. The molecule has 4 aliphatic carbocycles. The third-order valence-electron chi connectivity index (χ3n) is 10.4. The quantitative estimate of drug-likeness (QED) is 0.515. The maximum absolute atomic E-state index is 10.7. The summed E-state index contributed by atoms with van der Waals surface area (Å²) in [5, 5.41) is 20.3. The molecule has 4 rings (SSSR count). The Labute approximate surface area is 179 Å². The largest absolute Gasteiger partial charge is 0.393 e. The number of allylic oxidation sites excluding steroid dienone is 1. The molecule has 0 saturated heterocycles. The van der Waals surface area contributed by atoms with E-state index < -0.39 is 5.60 Å². The molecular formula is C27H46O2. The fraction of sp³-hybridized carbons (Fsp3) is 0.926. The van der Waals surface area contributed by atoms with Gasteiger partial charge < -0.3 is 10.2 Å². The van der Waals surface area contributed by atoms with Crippen LogP contribution in [0.3, 0.4) is 0 Å². The molecule has 0 amide bonds. The van der Waals surface area contributed by atoms with Crippen LogP contribution in [0.5, 0.6) is 0 Å².